The predicted octanol–water partition coefficient (Wildman–Crippen LogP) is 3.90. The van der Waals surface area contributed by atoms with Crippen molar-refractivity contribution in [2.75, 3.05) is 26.2 Å². The second-order valence-electron chi connectivity index (χ2n) is 8.77. The third-order valence-corrected chi connectivity index (χ3v) is 6.76. The molecule has 1 amide bonds. The first kappa shape index (κ1) is 21.7. The Morgan fingerprint density at radius 3 is 2.67 bits per heavy atom. The average Bonchev–Trinajstić information content (AvgIpc) is 3.39. The van der Waals surface area contributed by atoms with Crippen LogP contribution >= 0.6 is 0 Å². The van der Waals surface area contributed by atoms with Gasteiger partial charge in [0.05, 0.1) is 23.1 Å². The normalized spacial score (nSPS) is 18.3. The lowest BCUT2D eigenvalue weighted by atomic mass is 10.1. The van der Waals surface area contributed by atoms with Gasteiger partial charge in [-0.25, -0.2) is 19.0 Å². The van der Waals surface area contributed by atoms with E-state index in [0.29, 0.717) is 28.8 Å². The van der Waals surface area contributed by atoms with Crippen molar-refractivity contribution in [1.82, 2.24) is 29.5 Å². The van der Waals surface area contributed by atoms with Crippen LogP contribution in [0.25, 0.3) is 17.2 Å². The van der Waals surface area contributed by atoms with E-state index in [1.54, 1.807) is 41.3 Å². The molecule has 3 aromatic rings. The lowest BCUT2D eigenvalue weighted by molar-refractivity contribution is 0.0776. The van der Waals surface area contributed by atoms with E-state index >= 15 is 0 Å². The number of likely N-dealkylation sites (N-methyl/N-ethyl adjacent to an activating group) is 1. The van der Waals surface area contributed by atoms with Gasteiger partial charge in [0.25, 0.3) is 11.9 Å². The van der Waals surface area contributed by atoms with Gasteiger partial charge in [-0.15, -0.1) is 0 Å². The number of hydrogen-bond acceptors (Lipinski definition) is 5. The van der Waals surface area contributed by atoms with E-state index in [1.807, 2.05) is 4.90 Å². The number of carbonyl (C=O) groups is 1. The number of aromatic nitrogens is 4. The minimum atomic E-state index is -0.335. The second kappa shape index (κ2) is 9.02. The molecule has 172 valence electrons. The van der Waals surface area contributed by atoms with Gasteiger partial charge >= 0.3 is 0 Å². The fourth-order valence-electron chi connectivity index (χ4n) is 4.84. The third kappa shape index (κ3) is 4.15. The first-order chi connectivity index (χ1) is 16.1. The monoisotopic (exact) mass is 448 g/mol. The molecule has 2 fully saturated rings. The van der Waals surface area contributed by atoms with Crippen LogP contribution in [0.3, 0.4) is 0 Å². The standard InChI is InChI=1S/C25H29FN6O/c1-3-30(4-2)18-12-14-31(16-18)24(33)20-15-28-32(23(20)17-9-10-17)25-27-13-11-22(29-25)19-7-5-6-8-21(19)26/h5-8,11,13,15,17-18H,3-4,9-10,12,14,16H2,1-2H3/t18-/m0/s1. The topological polar surface area (TPSA) is 67.2 Å². The van der Waals surface area contributed by atoms with Gasteiger partial charge in [-0.3, -0.25) is 9.69 Å². The van der Waals surface area contributed by atoms with Crippen LogP contribution in [0.1, 0.15) is 55.1 Å². The molecule has 1 aliphatic heterocycles. The van der Waals surface area contributed by atoms with E-state index in [0.717, 1.165) is 51.1 Å². The summed E-state index contributed by atoms with van der Waals surface area (Å²) >= 11 is 0. The number of nitrogens with zero attached hydrogens (tertiary/aromatic N) is 6. The summed E-state index contributed by atoms with van der Waals surface area (Å²) in [6.07, 6.45) is 6.29. The van der Waals surface area contributed by atoms with Crippen LogP contribution in [0.4, 0.5) is 4.39 Å². The molecular weight excluding hydrogens is 419 g/mol. The first-order valence-electron chi connectivity index (χ1n) is 11.8. The molecule has 3 heterocycles. The van der Waals surface area contributed by atoms with Crippen LogP contribution < -0.4 is 0 Å². The summed E-state index contributed by atoms with van der Waals surface area (Å²) in [5.74, 6) is 0.327. The maximum absolute atomic E-state index is 14.3. The number of hydrogen-bond donors (Lipinski definition) is 0. The maximum Gasteiger partial charge on any atom is 0.257 e. The quantitative estimate of drug-likeness (QED) is 0.548. The molecule has 2 aromatic heterocycles. The van der Waals surface area contributed by atoms with Gasteiger partial charge in [0.15, 0.2) is 0 Å². The molecule has 7 nitrogen and oxygen atoms in total. The number of likely N-dealkylation sites (tertiary alicyclic amines) is 1. The molecule has 33 heavy (non-hydrogen) atoms. The predicted molar refractivity (Wildman–Crippen MR) is 124 cm³/mol. The number of amides is 1. The van der Waals surface area contributed by atoms with Crippen molar-refractivity contribution in [3.63, 3.8) is 0 Å². The number of halogens is 1. The molecule has 1 saturated heterocycles. The molecular formula is C25H29FN6O. The van der Waals surface area contributed by atoms with E-state index in [4.69, 9.17) is 0 Å². The van der Waals surface area contributed by atoms with Crippen molar-refractivity contribution < 1.29 is 9.18 Å². The number of benzene rings is 1. The molecule has 0 N–H and O–H groups in total. The maximum atomic E-state index is 14.3. The Labute approximate surface area is 193 Å². The fourth-order valence-corrected chi connectivity index (χ4v) is 4.84. The number of rotatable bonds is 7. The van der Waals surface area contributed by atoms with Gasteiger partial charge in [-0.05, 0) is 50.6 Å². The summed E-state index contributed by atoms with van der Waals surface area (Å²) in [5, 5.41) is 4.52. The van der Waals surface area contributed by atoms with Crippen molar-refractivity contribution in [2.45, 2.75) is 45.1 Å². The summed E-state index contributed by atoms with van der Waals surface area (Å²) in [7, 11) is 0. The first-order valence-corrected chi connectivity index (χ1v) is 11.8. The van der Waals surface area contributed by atoms with E-state index in [-0.39, 0.29) is 17.6 Å². The van der Waals surface area contributed by atoms with Gasteiger partial charge in [0.1, 0.15) is 5.82 Å². The minimum Gasteiger partial charge on any atom is -0.337 e. The van der Waals surface area contributed by atoms with Crippen LogP contribution in [0, 0.1) is 5.82 Å². The van der Waals surface area contributed by atoms with Crippen molar-refractivity contribution in [3.8, 4) is 17.2 Å². The molecule has 0 bridgehead atoms. The Morgan fingerprint density at radius 2 is 1.94 bits per heavy atom. The Balaban J connectivity index is 1.45. The molecule has 5 rings (SSSR count). The van der Waals surface area contributed by atoms with Crippen molar-refractivity contribution in [2.24, 2.45) is 0 Å². The van der Waals surface area contributed by atoms with Gasteiger partial charge in [-0.2, -0.15) is 5.10 Å². The van der Waals surface area contributed by atoms with E-state index in [9.17, 15) is 9.18 Å². The molecule has 1 saturated carbocycles. The van der Waals surface area contributed by atoms with Gasteiger partial charge < -0.3 is 4.90 Å². The largest absolute Gasteiger partial charge is 0.337 e. The van der Waals surface area contributed by atoms with E-state index in [1.165, 1.54) is 6.07 Å². The van der Waals surface area contributed by atoms with E-state index < -0.39 is 0 Å². The highest BCUT2D eigenvalue weighted by Crippen LogP contribution is 2.42. The van der Waals surface area contributed by atoms with Crippen LogP contribution in [-0.2, 0) is 0 Å². The highest BCUT2D eigenvalue weighted by molar-refractivity contribution is 5.95. The van der Waals surface area contributed by atoms with Crippen LogP contribution in [0.2, 0.25) is 0 Å². The van der Waals surface area contributed by atoms with Crippen molar-refractivity contribution in [1.29, 1.82) is 0 Å². The van der Waals surface area contributed by atoms with E-state index in [2.05, 4.69) is 33.8 Å². The zero-order valence-corrected chi connectivity index (χ0v) is 19.1. The summed E-state index contributed by atoms with van der Waals surface area (Å²) in [4.78, 5) is 26.8. The van der Waals surface area contributed by atoms with Crippen molar-refractivity contribution in [3.05, 3.63) is 59.8 Å². The van der Waals surface area contributed by atoms with Crippen LogP contribution in [0.15, 0.2) is 42.7 Å². The molecule has 1 atom stereocenters. The Hall–Kier alpha value is -3.13. The van der Waals surface area contributed by atoms with Crippen molar-refractivity contribution >= 4 is 5.91 Å². The fraction of sp³-hybridized carbons (Fsp3) is 0.440. The summed E-state index contributed by atoms with van der Waals surface area (Å²) in [6.45, 7) is 7.81. The van der Waals surface area contributed by atoms with Crippen LogP contribution in [-0.4, -0.2) is 67.7 Å². The molecule has 2 aliphatic rings. The summed E-state index contributed by atoms with van der Waals surface area (Å²) in [6, 6.07) is 8.64. The zero-order valence-electron chi connectivity index (χ0n) is 19.1. The Bertz CT molecular complexity index is 1150. The van der Waals surface area contributed by atoms with Gasteiger partial charge in [0.2, 0.25) is 0 Å². The highest BCUT2D eigenvalue weighted by Gasteiger charge is 2.37. The molecule has 8 heteroatoms. The molecule has 1 aromatic carbocycles. The van der Waals surface area contributed by atoms with Crippen LogP contribution in [0.5, 0.6) is 0 Å². The SMILES string of the molecule is CCN(CC)[C@H]1CCN(C(=O)c2cnn(-c3nccc(-c4ccccc4F)n3)c2C2CC2)C1. The second-order valence-corrected chi connectivity index (χ2v) is 8.77. The molecule has 0 unspecified atom stereocenters. The molecule has 1 aliphatic carbocycles. The summed E-state index contributed by atoms with van der Waals surface area (Å²) < 4.78 is 16.0. The van der Waals surface area contributed by atoms with Gasteiger partial charge in [-0.1, -0.05) is 26.0 Å². The Morgan fingerprint density at radius 1 is 1.15 bits per heavy atom. The lowest BCUT2D eigenvalue weighted by Gasteiger charge is -2.26. The lowest BCUT2D eigenvalue weighted by Crippen LogP contribution is -2.38. The molecule has 0 radical (unpaired) electrons. The average molecular weight is 449 g/mol. The number of carbonyl (C=O) groups excluding carboxylic acids is 1. The third-order valence-electron chi connectivity index (χ3n) is 6.76. The molecule has 0 spiro atoms. The summed E-state index contributed by atoms with van der Waals surface area (Å²) in [5.41, 5.74) is 2.41. The Kier molecular flexibility index (Phi) is 5.93. The highest BCUT2D eigenvalue weighted by atomic mass is 19.1. The zero-order chi connectivity index (χ0) is 22.9. The minimum absolute atomic E-state index is 0.0306. The van der Waals surface area contributed by atoms with Gasteiger partial charge in [0, 0.05) is 36.8 Å². The smallest absolute Gasteiger partial charge is 0.257 e.